The summed E-state index contributed by atoms with van der Waals surface area (Å²) in [5.41, 5.74) is 0. The fraction of sp³-hybridized carbons (Fsp3) is 0.818. The Labute approximate surface area is 93.4 Å². The number of fused-ring (bicyclic) bond motifs is 1. The van der Waals surface area contributed by atoms with E-state index in [2.05, 4.69) is 0 Å². The van der Waals surface area contributed by atoms with Crippen LogP contribution in [0.5, 0.6) is 0 Å². The van der Waals surface area contributed by atoms with Gasteiger partial charge in [-0.1, -0.05) is 0 Å². The first-order valence-corrected chi connectivity index (χ1v) is 5.81. The molecule has 5 nitrogen and oxygen atoms in total. The number of carboxylic acid groups (broad SMARTS) is 1. The van der Waals surface area contributed by atoms with Crippen LogP contribution in [0, 0.1) is 17.8 Å². The Morgan fingerprint density at radius 1 is 1.56 bits per heavy atom. The van der Waals surface area contributed by atoms with Crippen molar-refractivity contribution in [3.63, 3.8) is 0 Å². The van der Waals surface area contributed by atoms with Crippen LogP contribution >= 0.6 is 0 Å². The highest BCUT2D eigenvalue weighted by atomic mass is 16.5. The van der Waals surface area contributed by atoms with Gasteiger partial charge in [0.05, 0.1) is 17.9 Å². The van der Waals surface area contributed by atoms with Crippen LogP contribution in [0.2, 0.25) is 0 Å². The minimum Gasteiger partial charge on any atom is -0.481 e. The molecule has 0 aromatic rings. The largest absolute Gasteiger partial charge is 0.481 e. The Morgan fingerprint density at radius 2 is 2.38 bits per heavy atom. The smallest absolute Gasteiger partial charge is 0.307 e. The average Bonchev–Trinajstić information content (AvgIpc) is 2.56. The summed E-state index contributed by atoms with van der Waals surface area (Å²) in [6.45, 7) is 2.05. The number of carboxylic acids is 1. The van der Waals surface area contributed by atoms with Crippen molar-refractivity contribution in [2.45, 2.75) is 18.9 Å². The van der Waals surface area contributed by atoms with Crippen LogP contribution in [0.25, 0.3) is 0 Å². The predicted molar refractivity (Wildman–Crippen MR) is 53.7 cm³/mol. The number of carbonyl (C=O) groups excluding carboxylic acids is 1. The van der Waals surface area contributed by atoms with E-state index in [1.165, 1.54) is 0 Å². The van der Waals surface area contributed by atoms with E-state index in [0.717, 1.165) is 19.4 Å². The Kier molecular flexibility index (Phi) is 2.17. The van der Waals surface area contributed by atoms with Gasteiger partial charge in [-0.3, -0.25) is 9.59 Å². The molecule has 1 N–H and O–H groups in total. The summed E-state index contributed by atoms with van der Waals surface area (Å²) in [7, 11) is 0. The minimum absolute atomic E-state index is 0.0212. The van der Waals surface area contributed by atoms with Crippen molar-refractivity contribution >= 4 is 11.9 Å². The van der Waals surface area contributed by atoms with E-state index >= 15 is 0 Å². The fourth-order valence-electron chi connectivity index (χ4n) is 3.03. The number of amides is 1. The lowest BCUT2D eigenvalue weighted by Crippen LogP contribution is -2.37. The molecular weight excluding hydrogens is 210 g/mol. The van der Waals surface area contributed by atoms with E-state index in [0.29, 0.717) is 13.1 Å². The van der Waals surface area contributed by atoms with Gasteiger partial charge in [0.25, 0.3) is 0 Å². The molecule has 16 heavy (non-hydrogen) atoms. The number of piperidine rings is 1. The van der Waals surface area contributed by atoms with Crippen molar-refractivity contribution in [1.29, 1.82) is 0 Å². The highest BCUT2D eigenvalue weighted by Gasteiger charge is 2.65. The van der Waals surface area contributed by atoms with Gasteiger partial charge in [0.2, 0.25) is 5.91 Å². The summed E-state index contributed by atoms with van der Waals surface area (Å²) in [5, 5.41) is 8.85. The minimum atomic E-state index is -0.819. The Balaban J connectivity index is 1.57. The van der Waals surface area contributed by atoms with Gasteiger partial charge in [0, 0.05) is 25.6 Å². The number of likely N-dealkylation sites (tertiary alicyclic amines) is 1. The first-order valence-electron chi connectivity index (χ1n) is 5.81. The van der Waals surface area contributed by atoms with Crippen molar-refractivity contribution in [2.75, 3.05) is 19.7 Å². The highest BCUT2D eigenvalue weighted by Crippen LogP contribution is 2.52. The van der Waals surface area contributed by atoms with Crippen LogP contribution in [0.1, 0.15) is 12.8 Å². The van der Waals surface area contributed by atoms with Crippen molar-refractivity contribution in [3.05, 3.63) is 0 Å². The summed E-state index contributed by atoms with van der Waals surface area (Å²) < 4.78 is 5.48. The number of rotatable bonds is 3. The third-order valence-electron chi connectivity index (χ3n) is 3.93. The van der Waals surface area contributed by atoms with Gasteiger partial charge in [0.15, 0.2) is 0 Å². The van der Waals surface area contributed by atoms with Crippen LogP contribution in [-0.4, -0.2) is 47.7 Å². The summed E-state index contributed by atoms with van der Waals surface area (Å²) in [4.78, 5) is 24.4. The van der Waals surface area contributed by atoms with Crippen LogP contribution < -0.4 is 0 Å². The molecule has 2 aliphatic heterocycles. The van der Waals surface area contributed by atoms with Gasteiger partial charge in [-0.25, -0.2) is 0 Å². The second-order valence-electron chi connectivity index (χ2n) is 4.93. The van der Waals surface area contributed by atoms with Gasteiger partial charge in [-0.15, -0.1) is 0 Å². The number of carbonyl (C=O) groups is 2. The summed E-state index contributed by atoms with van der Waals surface area (Å²) in [5.74, 6) is -1.38. The molecule has 0 radical (unpaired) electrons. The zero-order chi connectivity index (χ0) is 11.3. The molecule has 1 aliphatic carbocycles. The Bertz CT molecular complexity index is 337. The zero-order valence-corrected chi connectivity index (χ0v) is 8.96. The van der Waals surface area contributed by atoms with Crippen molar-refractivity contribution in [3.8, 4) is 0 Å². The first-order chi connectivity index (χ1) is 7.68. The SMILES string of the molecule is O=C(O)C1C2CN(CC3CCCO3)C(=O)C21. The van der Waals surface area contributed by atoms with E-state index in [4.69, 9.17) is 9.84 Å². The monoisotopic (exact) mass is 225 g/mol. The third kappa shape index (κ3) is 1.42. The molecule has 3 fully saturated rings. The highest BCUT2D eigenvalue weighted by molar-refractivity contribution is 5.93. The lowest BCUT2D eigenvalue weighted by atomic mass is 10.2. The van der Waals surface area contributed by atoms with E-state index in [1.807, 2.05) is 0 Å². The maximum absolute atomic E-state index is 11.9. The maximum Gasteiger partial charge on any atom is 0.307 e. The number of ether oxygens (including phenoxy) is 1. The number of hydrogen-bond acceptors (Lipinski definition) is 3. The molecule has 1 saturated carbocycles. The molecule has 2 heterocycles. The molecule has 2 saturated heterocycles. The molecule has 88 valence electrons. The molecule has 5 heteroatoms. The second-order valence-corrected chi connectivity index (χ2v) is 4.93. The number of hydrogen-bond donors (Lipinski definition) is 1. The zero-order valence-electron chi connectivity index (χ0n) is 8.96. The average molecular weight is 225 g/mol. The van der Waals surface area contributed by atoms with E-state index in [1.54, 1.807) is 4.90 Å². The number of nitrogens with zero attached hydrogens (tertiary/aromatic N) is 1. The molecule has 0 bridgehead atoms. The van der Waals surface area contributed by atoms with Crippen molar-refractivity contribution < 1.29 is 19.4 Å². The molecule has 3 aliphatic rings. The van der Waals surface area contributed by atoms with E-state index in [-0.39, 0.29) is 23.8 Å². The molecule has 0 aromatic carbocycles. The molecular formula is C11H15NO4. The molecule has 0 aromatic heterocycles. The summed E-state index contributed by atoms with van der Waals surface area (Å²) in [6, 6.07) is 0. The van der Waals surface area contributed by atoms with Gasteiger partial charge in [0.1, 0.15) is 0 Å². The van der Waals surface area contributed by atoms with Crippen LogP contribution in [-0.2, 0) is 14.3 Å². The van der Waals surface area contributed by atoms with Crippen LogP contribution in [0.4, 0.5) is 0 Å². The third-order valence-corrected chi connectivity index (χ3v) is 3.93. The molecule has 1 amide bonds. The quantitative estimate of drug-likeness (QED) is 0.731. The van der Waals surface area contributed by atoms with Crippen molar-refractivity contribution in [2.24, 2.45) is 17.8 Å². The van der Waals surface area contributed by atoms with E-state index in [9.17, 15) is 9.59 Å². The molecule has 4 atom stereocenters. The summed E-state index contributed by atoms with van der Waals surface area (Å²) >= 11 is 0. The van der Waals surface area contributed by atoms with E-state index < -0.39 is 11.9 Å². The van der Waals surface area contributed by atoms with Gasteiger partial charge in [-0.2, -0.15) is 0 Å². The Hall–Kier alpha value is -1.10. The maximum atomic E-state index is 11.9. The fourth-order valence-corrected chi connectivity index (χ4v) is 3.03. The van der Waals surface area contributed by atoms with Crippen molar-refractivity contribution in [1.82, 2.24) is 4.90 Å². The number of aliphatic carboxylic acids is 1. The Morgan fingerprint density at radius 3 is 2.88 bits per heavy atom. The molecule has 3 rings (SSSR count). The normalized spacial score (nSPS) is 41.2. The molecule has 0 spiro atoms. The van der Waals surface area contributed by atoms with Crippen LogP contribution in [0.3, 0.4) is 0 Å². The predicted octanol–water partition coefficient (Wildman–Crippen LogP) is -0.0456. The van der Waals surface area contributed by atoms with Gasteiger partial charge < -0.3 is 14.7 Å². The second kappa shape index (κ2) is 3.45. The standard InChI is InChI=1S/C11H15NO4/c13-10-8-7(9(8)11(14)15)5-12(10)4-6-2-1-3-16-6/h6-9H,1-5H2,(H,14,15). The lowest BCUT2D eigenvalue weighted by Gasteiger charge is -2.22. The topological polar surface area (TPSA) is 66.8 Å². The lowest BCUT2D eigenvalue weighted by molar-refractivity contribution is -0.143. The first kappa shape index (κ1) is 10.1. The van der Waals surface area contributed by atoms with Gasteiger partial charge >= 0.3 is 5.97 Å². The van der Waals surface area contributed by atoms with Gasteiger partial charge in [-0.05, 0) is 12.8 Å². The summed E-state index contributed by atoms with van der Waals surface area (Å²) in [6.07, 6.45) is 2.25. The molecule has 4 unspecified atom stereocenters. The van der Waals surface area contributed by atoms with Crippen LogP contribution in [0.15, 0.2) is 0 Å².